The van der Waals surface area contributed by atoms with Gasteiger partial charge in [0.2, 0.25) is 0 Å². The molecule has 0 radical (unpaired) electrons. The highest BCUT2D eigenvalue weighted by Gasteiger charge is 2.65. The van der Waals surface area contributed by atoms with Crippen molar-refractivity contribution in [2.24, 2.45) is 46.3 Å². The van der Waals surface area contributed by atoms with Gasteiger partial charge in [0.05, 0.1) is 18.3 Å². The van der Waals surface area contributed by atoms with Crippen LogP contribution in [0, 0.1) is 46.3 Å². The number of carbonyl (C=O) groups excluding carboxylic acids is 1. The van der Waals surface area contributed by atoms with Crippen molar-refractivity contribution in [3.05, 3.63) is 0 Å². The number of carbonyl (C=O) groups is 1. The van der Waals surface area contributed by atoms with Gasteiger partial charge in [0.25, 0.3) is 0 Å². The Hall–Kier alpha value is -0.650. The highest BCUT2D eigenvalue weighted by molar-refractivity contribution is 5.64. The van der Waals surface area contributed by atoms with E-state index in [9.17, 15) is 20.1 Å². The first kappa shape index (κ1) is 22.5. The van der Waals surface area contributed by atoms with Crippen molar-refractivity contribution in [3.63, 3.8) is 0 Å². The minimum atomic E-state index is -0.987. The highest BCUT2D eigenvalue weighted by atomic mass is 16.5. The van der Waals surface area contributed by atoms with E-state index >= 15 is 0 Å². The molecular weight excluding hydrogens is 380 g/mol. The fourth-order valence-corrected chi connectivity index (χ4v) is 8.88. The van der Waals surface area contributed by atoms with Crippen molar-refractivity contribution in [3.8, 4) is 0 Å². The predicted octanol–water partition coefficient (Wildman–Crippen LogP) is 2.77. The highest BCUT2D eigenvalue weighted by Crippen LogP contribution is 2.68. The number of ether oxygens (including phenoxy) is 1. The molecule has 5 nitrogen and oxygen atoms in total. The maximum atomic E-state index is 11.5. The van der Waals surface area contributed by atoms with Gasteiger partial charge in [-0.1, -0.05) is 20.8 Å². The first-order chi connectivity index (χ1) is 14.1. The average Bonchev–Trinajstić information content (AvgIpc) is 3.05. The molecule has 4 aliphatic rings. The smallest absolute Gasteiger partial charge is 0.0602 e. The molecule has 2 N–H and O–H groups in total. The molecule has 0 aromatic heterocycles. The number of carboxylic acid groups (broad SMARTS) is 1. The Balaban J connectivity index is 1.59. The van der Waals surface area contributed by atoms with E-state index in [0.29, 0.717) is 36.2 Å². The Morgan fingerprint density at radius 3 is 2.53 bits per heavy atom. The van der Waals surface area contributed by atoms with Crippen LogP contribution in [0.5, 0.6) is 0 Å². The van der Waals surface area contributed by atoms with E-state index in [1.54, 1.807) is 7.11 Å². The lowest BCUT2D eigenvalue weighted by atomic mass is 9.43. The maximum absolute atomic E-state index is 11.5. The zero-order chi connectivity index (χ0) is 21.8. The van der Waals surface area contributed by atoms with Crippen LogP contribution >= 0.6 is 0 Å². The minimum Gasteiger partial charge on any atom is -0.550 e. The third-order valence-electron chi connectivity index (χ3n) is 10.6. The molecule has 4 fully saturated rings. The Morgan fingerprint density at radius 2 is 1.87 bits per heavy atom. The van der Waals surface area contributed by atoms with Gasteiger partial charge < -0.3 is 24.9 Å². The summed E-state index contributed by atoms with van der Waals surface area (Å²) in [5.74, 6) is 0.938. The number of methoxy groups -OCH3 is 1. The lowest BCUT2D eigenvalue weighted by Gasteiger charge is -2.63. The van der Waals surface area contributed by atoms with Gasteiger partial charge in [0, 0.05) is 13.1 Å². The summed E-state index contributed by atoms with van der Waals surface area (Å²) >= 11 is 0. The standard InChI is InChI=1S/C25H42O5/c1-14(5-8-22(28)29)17-6-7-18-23-19(13-21(27)25(17,18)3)24(2)10-9-16(30-4)11-15(24)12-20(23)26/h14-21,23,26-27H,5-13H2,1-4H3,(H,28,29)/p-1. The van der Waals surface area contributed by atoms with E-state index in [0.717, 1.165) is 44.9 Å². The van der Waals surface area contributed by atoms with Gasteiger partial charge in [0.15, 0.2) is 0 Å². The van der Waals surface area contributed by atoms with Crippen LogP contribution in [0.15, 0.2) is 0 Å². The van der Waals surface area contributed by atoms with Crippen molar-refractivity contribution < 1.29 is 24.9 Å². The van der Waals surface area contributed by atoms with E-state index in [1.807, 2.05) is 0 Å². The Bertz CT molecular complexity index is 651. The molecule has 30 heavy (non-hydrogen) atoms. The van der Waals surface area contributed by atoms with Gasteiger partial charge in [-0.05, 0) is 104 Å². The summed E-state index contributed by atoms with van der Waals surface area (Å²) in [4.78, 5) is 11.0. The molecule has 0 bridgehead atoms. The molecule has 4 saturated carbocycles. The van der Waals surface area contributed by atoms with E-state index in [-0.39, 0.29) is 41.3 Å². The van der Waals surface area contributed by atoms with Gasteiger partial charge in [-0.15, -0.1) is 0 Å². The zero-order valence-corrected chi connectivity index (χ0v) is 19.2. The van der Waals surface area contributed by atoms with E-state index in [4.69, 9.17) is 4.74 Å². The molecule has 0 aliphatic heterocycles. The largest absolute Gasteiger partial charge is 0.550 e. The van der Waals surface area contributed by atoms with Gasteiger partial charge in [-0.25, -0.2) is 0 Å². The fraction of sp³-hybridized carbons (Fsp3) is 0.960. The quantitative estimate of drug-likeness (QED) is 0.712. The topological polar surface area (TPSA) is 89.8 Å². The van der Waals surface area contributed by atoms with Gasteiger partial charge >= 0.3 is 0 Å². The molecule has 11 atom stereocenters. The number of fused-ring (bicyclic) bond motifs is 5. The second kappa shape index (κ2) is 8.04. The Kier molecular flexibility index (Phi) is 6.04. The lowest BCUT2D eigenvalue weighted by Crippen LogP contribution is -2.62. The molecule has 4 aliphatic carbocycles. The average molecular weight is 422 g/mol. The predicted molar refractivity (Wildman–Crippen MR) is 112 cm³/mol. The summed E-state index contributed by atoms with van der Waals surface area (Å²) in [5.41, 5.74) is -0.0691. The van der Waals surface area contributed by atoms with Crippen LogP contribution in [-0.2, 0) is 9.53 Å². The molecule has 172 valence electrons. The molecule has 0 heterocycles. The van der Waals surface area contributed by atoms with Crippen LogP contribution in [0.25, 0.3) is 0 Å². The number of hydrogen-bond acceptors (Lipinski definition) is 5. The summed E-state index contributed by atoms with van der Waals surface area (Å²) in [5, 5.41) is 33.9. The van der Waals surface area contributed by atoms with Gasteiger partial charge in [-0.3, -0.25) is 0 Å². The van der Waals surface area contributed by atoms with Crippen LogP contribution in [0.4, 0.5) is 0 Å². The summed E-state index contributed by atoms with van der Waals surface area (Å²) in [6.45, 7) is 6.78. The summed E-state index contributed by atoms with van der Waals surface area (Å²) in [7, 11) is 1.80. The van der Waals surface area contributed by atoms with Crippen molar-refractivity contribution in [1.82, 2.24) is 0 Å². The molecule has 0 aromatic rings. The second-order valence-corrected chi connectivity index (χ2v) is 11.6. The number of aliphatic hydroxyl groups is 2. The van der Waals surface area contributed by atoms with E-state index in [2.05, 4.69) is 20.8 Å². The van der Waals surface area contributed by atoms with Crippen LogP contribution < -0.4 is 5.11 Å². The van der Waals surface area contributed by atoms with Crippen molar-refractivity contribution in [2.75, 3.05) is 7.11 Å². The first-order valence-electron chi connectivity index (χ1n) is 12.2. The molecule has 11 unspecified atom stereocenters. The number of hydrogen-bond donors (Lipinski definition) is 2. The monoisotopic (exact) mass is 421 g/mol. The Labute approximate surface area is 181 Å². The minimum absolute atomic E-state index is 0.0869. The van der Waals surface area contributed by atoms with Crippen LogP contribution in [-0.4, -0.2) is 41.6 Å². The molecule has 0 aromatic carbocycles. The molecule has 0 amide bonds. The van der Waals surface area contributed by atoms with Crippen molar-refractivity contribution >= 4 is 5.97 Å². The van der Waals surface area contributed by atoms with Gasteiger partial charge in [-0.2, -0.15) is 0 Å². The van der Waals surface area contributed by atoms with E-state index in [1.165, 1.54) is 0 Å². The molecule has 0 spiro atoms. The normalized spacial score (nSPS) is 51.5. The maximum Gasteiger partial charge on any atom is 0.0602 e. The molecular formula is C25H41O5-. The number of carboxylic acids is 1. The summed E-state index contributed by atoms with van der Waals surface area (Å²) in [6.07, 6.45) is 7.19. The lowest BCUT2D eigenvalue weighted by molar-refractivity contribution is -0.306. The third kappa shape index (κ3) is 3.34. The van der Waals surface area contributed by atoms with E-state index < -0.39 is 5.97 Å². The fourth-order valence-electron chi connectivity index (χ4n) is 8.88. The molecule has 4 rings (SSSR count). The SMILES string of the molecule is COC1CCC2(C)C(C1)CC(O)C1C2CC(O)C2(C)C(C(C)CCC(=O)[O-])CCC12. The number of aliphatic hydroxyl groups excluding tert-OH is 2. The summed E-state index contributed by atoms with van der Waals surface area (Å²) < 4.78 is 5.67. The third-order valence-corrected chi connectivity index (χ3v) is 10.6. The van der Waals surface area contributed by atoms with Gasteiger partial charge in [0.1, 0.15) is 0 Å². The molecule has 0 saturated heterocycles. The number of aliphatic carboxylic acids is 1. The van der Waals surface area contributed by atoms with Crippen molar-refractivity contribution in [2.45, 2.75) is 96.9 Å². The second-order valence-electron chi connectivity index (χ2n) is 11.6. The zero-order valence-electron chi connectivity index (χ0n) is 19.2. The van der Waals surface area contributed by atoms with Crippen LogP contribution in [0.2, 0.25) is 0 Å². The van der Waals surface area contributed by atoms with Crippen LogP contribution in [0.3, 0.4) is 0 Å². The van der Waals surface area contributed by atoms with Crippen LogP contribution in [0.1, 0.15) is 78.6 Å². The number of rotatable bonds is 5. The molecule has 5 heteroatoms. The summed E-state index contributed by atoms with van der Waals surface area (Å²) in [6, 6.07) is 0. The van der Waals surface area contributed by atoms with Crippen molar-refractivity contribution in [1.29, 1.82) is 0 Å². The first-order valence-corrected chi connectivity index (χ1v) is 12.2. The Morgan fingerprint density at radius 1 is 1.13 bits per heavy atom.